The molecule has 0 amide bonds. The van der Waals surface area contributed by atoms with Gasteiger partial charge >= 0.3 is 0 Å². The van der Waals surface area contributed by atoms with Gasteiger partial charge in [0.05, 0.1) is 0 Å². The highest BCUT2D eigenvalue weighted by Crippen LogP contribution is 2.07. The molecule has 1 aliphatic rings. The standard InChI is InChI=1S/C10H12Si/c1-2-5-10(6-3-1)9-11-7-4-8-11/h1-3,5-7H,4,8-9H2. The van der Waals surface area contributed by atoms with Crippen LogP contribution in [-0.4, -0.2) is 14.1 Å². The van der Waals surface area contributed by atoms with Gasteiger partial charge in [-0.1, -0.05) is 30.3 Å². The van der Waals surface area contributed by atoms with E-state index in [4.69, 9.17) is 0 Å². The molecule has 0 aliphatic carbocycles. The molecule has 11 heavy (non-hydrogen) atoms. The Morgan fingerprint density at radius 3 is 2.45 bits per heavy atom. The van der Waals surface area contributed by atoms with E-state index in [0.29, 0.717) is 0 Å². The largest absolute Gasteiger partial charge is 0.103 e. The minimum absolute atomic E-state index is 0.0257. The summed E-state index contributed by atoms with van der Waals surface area (Å²) in [7, 11) is -0.0257. The second-order valence-electron chi connectivity index (χ2n) is 3.06. The maximum Gasteiger partial charge on any atom is 0.0102 e. The highest BCUT2D eigenvalue weighted by atomic mass is 28.2. The van der Waals surface area contributed by atoms with Crippen molar-refractivity contribution < 1.29 is 0 Å². The van der Waals surface area contributed by atoms with E-state index in [1.165, 1.54) is 24.1 Å². The van der Waals surface area contributed by atoms with E-state index in [1.807, 2.05) is 0 Å². The van der Waals surface area contributed by atoms with E-state index in [1.54, 1.807) is 0 Å². The van der Waals surface area contributed by atoms with E-state index >= 15 is 0 Å². The first kappa shape index (κ1) is 6.98. The minimum atomic E-state index is -0.0257. The zero-order chi connectivity index (χ0) is 7.52. The maximum atomic E-state index is 2.53. The third-order valence-electron chi connectivity index (χ3n) is 2.17. The Kier molecular flexibility index (Phi) is 1.99. The molecular formula is C10H12Si. The maximum absolute atomic E-state index is 2.53. The van der Waals surface area contributed by atoms with Crippen molar-refractivity contribution in [3.05, 3.63) is 35.9 Å². The van der Waals surface area contributed by atoms with Crippen LogP contribution in [0.1, 0.15) is 12.0 Å². The second kappa shape index (κ2) is 3.14. The zero-order valence-corrected chi connectivity index (χ0v) is 7.59. The van der Waals surface area contributed by atoms with Crippen molar-refractivity contribution in [2.75, 3.05) is 0 Å². The lowest BCUT2D eigenvalue weighted by molar-refractivity contribution is 1.21. The molecule has 1 heterocycles. The molecule has 0 fully saturated rings. The molecule has 0 saturated heterocycles. The molecular weight excluding hydrogens is 148 g/mol. The lowest BCUT2D eigenvalue weighted by Crippen LogP contribution is -2.18. The highest BCUT2D eigenvalue weighted by molar-refractivity contribution is 6.70. The fourth-order valence-corrected chi connectivity index (χ4v) is 3.15. The summed E-state index contributed by atoms with van der Waals surface area (Å²) in [6.45, 7) is 0. The molecule has 0 nitrogen and oxygen atoms in total. The summed E-state index contributed by atoms with van der Waals surface area (Å²) in [5.41, 5.74) is 4.05. The molecule has 0 unspecified atom stereocenters. The molecule has 0 N–H and O–H groups in total. The Labute approximate surface area is 69.1 Å². The first-order valence-corrected chi connectivity index (χ1v) is 6.16. The Bertz CT molecular complexity index is 261. The summed E-state index contributed by atoms with van der Waals surface area (Å²) in [6.07, 6.45) is 1.38. The van der Waals surface area contributed by atoms with Gasteiger partial charge in [-0.15, -0.1) is 5.67 Å². The fraction of sp³-hybridized carbons (Fsp3) is 0.300. The predicted octanol–water partition coefficient (Wildman–Crippen LogP) is 2.05. The van der Waals surface area contributed by atoms with Crippen LogP contribution >= 0.6 is 0 Å². The van der Waals surface area contributed by atoms with Crippen LogP contribution in [0.5, 0.6) is 0 Å². The first-order chi connectivity index (χ1) is 5.45. The minimum Gasteiger partial charge on any atom is -0.103 e. The molecule has 1 heteroatoms. The summed E-state index contributed by atoms with van der Waals surface area (Å²) < 4.78 is 0. The van der Waals surface area contributed by atoms with Crippen LogP contribution in [0.15, 0.2) is 30.3 Å². The van der Waals surface area contributed by atoms with Crippen LogP contribution in [0.4, 0.5) is 0 Å². The summed E-state index contributed by atoms with van der Waals surface area (Å²) in [6, 6.07) is 13.7. The lowest BCUT2D eigenvalue weighted by Gasteiger charge is -2.12. The molecule has 1 aliphatic heterocycles. The van der Waals surface area contributed by atoms with Crippen molar-refractivity contribution >= 4 is 14.1 Å². The molecule has 1 aromatic carbocycles. The van der Waals surface area contributed by atoms with Gasteiger partial charge in [-0.2, -0.15) is 0 Å². The van der Waals surface area contributed by atoms with Gasteiger partial charge in [0.15, 0.2) is 0 Å². The summed E-state index contributed by atoms with van der Waals surface area (Å²) >= 11 is 0. The van der Waals surface area contributed by atoms with Gasteiger partial charge in [0.25, 0.3) is 0 Å². The van der Waals surface area contributed by atoms with Gasteiger partial charge in [0.2, 0.25) is 0 Å². The van der Waals surface area contributed by atoms with Crippen molar-refractivity contribution in [2.24, 2.45) is 0 Å². The Morgan fingerprint density at radius 1 is 1.18 bits per heavy atom. The lowest BCUT2D eigenvalue weighted by atomic mass is 10.2. The van der Waals surface area contributed by atoms with E-state index in [2.05, 4.69) is 36.0 Å². The SMILES string of the molecule is C1=[Si](Cc2ccccc2)CC1. The molecule has 0 aromatic heterocycles. The van der Waals surface area contributed by atoms with Gasteiger partial charge < -0.3 is 0 Å². The first-order valence-electron chi connectivity index (χ1n) is 4.17. The Morgan fingerprint density at radius 2 is 1.91 bits per heavy atom. The van der Waals surface area contributed by atoms with E-state index < -0.39 is 0 Å². The molecule has 0 atom stereocenters. The van der Waals surface area contributed by atoms with Crippen LogP contribution in [0.2, 0.25) is 6.04 Å². The monoisotopic (exact) mass is 160 g/mol. The van der Waals surface area contributed by atoms with Crippen molar-refractivity contribution in [1.82, 2.24) is 0 Å². The van der Waals surface area contributed by atoms with Crippen molar-refractivity contribution in [3.63, 3.8) is 0 Å². The number of hydrogen-bond donors (Lipinski definition) is 0. The molecule has 2 rings (SSSR count). The molecule has 56 valence electrons. The fourth-order valence-electron chi connectivity index (χ4n) is 1.37. The quantitative estimate of drug-likeness (QED) is 0.581. The van der Waals surface area contributed by atoms with Gasteiger partial charge in [-0.05, 0) is 24.1 Å². The summed E-state index contributed by atoms with van der Waals surface area (Å²) in [5.74, 6) is 0. The third-order valence-corrected chi connectivity index (χ3v) is 4.83. The number of rotatable bonds is 2. The molecule has 0 saturated carbocycles. The van der Waals surface area contributed by atoms with Gasteiger partial charge in [0.1, 0.15) is 0 Å². The molecule has 0 radical (unpaired) electrons. The van der Waals surface area contributed by atoms with Crippen LogP contribution in [0.3, 0.4) is 0 Å². The van der Waals surface area contributed by atoms with E-state index in [-0.39, 0.29) is 8.41 Å². The Hall–Kier alpha value is -0.693. The molecule has 1 aromatic rings. The Balaban J connectivity index is 2.07. The number of benzene rings is 1. The van der Waals surface area contributed by atoms with Gasteiger partial charge in [-0.25, -0.2) is 0 Å². The predicted molar refractivity (Wildman–Crippen MR) is 51.4 cm³/mol. The average molecular weight is 160 g/mol. The smallest absolute Gasteiger partial charge is 0.0102 e. The average Bonchev–Trinajstić information content (AvgIpc) is 1.99. The van der Waals surface area contributed by atoms with Crippen molar-refractivity contribution in [2.45, 2.75) is 18.5 Å². The van der Waals surface area contributed by atoms with Crippen molar-refractivity contribution in [1.29, 1.82) is 0 Å². The zero-order valence-electron chi connectivity index (χ0n) is 6.59. The second-order valence-corrected chi connectivity index (χ2v) is 5.64. The van der Waals surface area contributed by atoms with Crippen LogP contribution in [0, 0.1) is 0 Å². The highest BCUT2D eigenvalue weighted by Gasteiger charge is 2.06. The summed E-state index contributed by atoms with van der Waals surface area (Å²) in [5, 5.41) is 0. The number of hydrogen-bond acceptors (Lipinski definition) is 0. The van der Waals surface area contributed by atoms with E-state index in [0.717, 1.165) is 0 Å². The topological polar surface area (TPSA) is 0 Å². The van der Waals surface area contributed by atoms with Gasteiger partial charge in [0, 0.05) is 8.41 Å². The van der Waals surface area contributed by atoms with Crippen LogP contribution in [0.25, 0.3) is 0 Å². The van der Waals surface area contributed by atoms with E-state index in [9.17, 15) is 0 Å². The molecule has 0 bridgehead atoms. The van der Waals surface area contributed by atoms with Crippen molar-refractivity contribution in [3.8, 4) is 0 Å². The van der Waals surface area contributed by atoms with Crippen LogP contribution in [-0.2, 0) is 6.04 Å². The normalized spacial score (nSPS) is 15.5. The van der Waals surface area contributed by atoms with Gasteiger partial charge in [-0.3, -0.25) is 0 Å². The third kappa shape index (κ3) is 1.66. The van der Waals surface area contributed by atoms with Crippen LogP contribution < -0.4 is 0 Å². The molecule has 0 spiro atoms. The summed E-state index contributed by atoms with van der Waals surface area (Å²) in [4.78, 5) is 0.